The van der Waals surface area contributed by atoms with E-state index in [0.29, 0.717) is 11.7 Å². The third-order valence-electron chi connectivity index (χ3n) is 5.66. The molecule has 1 amide bonds. The molecule has 2 aromatic heterocycles. The summed E-state index contributed by atoms with van der Waals surface area (Å²) in [6.07, 6.45) is 2.80. The first-order valence-corrected chi connectivity index (χ1v) is 12.6. The Morgan fingerprint density at radius 3 is 2.58 bits per heavy atom. The van der Waals surface area contributed by atoms with Crippen molar-refractivity contribution in [2.75, 3.05) is 38.5 Å². The number of rotatable bonds is 8. The number of hydrogen-bond acceptors (Lipinski definition) is 6. The van der Waals surface area contributed by atoms with Gasteiger partial charge < -0.3 is 4.90 Å². The SMILES string of the molecule is CC(C)c1ccc(-n2cnnc2SCC(=O)N2CCN(CCc3cccs3)CC2)cc1. The van der Waals surface area contributed by atoms with Crippen LogP contribution in [0.25, 0.3) is 5.69 Å². The molecule has 0 N–H and O–H groups in total. The molecule has 1 aromatic carbocycles. The third-order valence-corrected chi connectivity index (χ3v) is 7.52. The van der Waals surface area contributed by atoms with Gasteiger partial charge in [0, 0.05) is 43.3 Å². The van der Waals surface area contributed by atoms with E-state index in [2.05, 4.69) is 70.7 Å². The Morgan fingerprint density at radius 1 is 1.13 bits per heavy atom. The Labute approximate surface area is 192 Å². The highest BCUT2D eigenvalue weighted by Crippen LogP contribution is 2.22. The van der Waals surface area contributed by atoms with Crippen molar-refractivity contribution >= 4 is 29.0 Å². The lowest BCUT2D eigenvalue weighted by Crippen LogP contribution is -2.49. The first-order valence-electron chi connectivity index (χ1n) is 10.8. The van der Waals surface area contributed by atoms with Gasteiger partial charge in [-0.15, -0.1) is 21.5 Å². The van der Waals surface area contributed by atoms with Gasteiger partial charge in [0.1, 0.15) is 6.33 Å². The number of amides is 1. The molecule has 0 saturated carbocycles. The number of carbonyl (C=O) groups is 1. The summed E-state index contributed by atoms with van der Waals surface area (Å²) in [5.41, 5.74) is 2.32. The Morgan fingerprint density at radius 2 is 1.90 bits per heavy atom. The molecule has 1 aliphatic heterocycles. The summed E-state index contributed by atoms with van der Waals surface area (Å²) in [6, 6.07) is 12.7. The van der Waals surface area contributed by atoms with E-state index in [-0.39, 0.29) is 5.91 Å². The fraction of sp³-hybridized carbons (Fsp3) is 0.435. The van der Waals surface area contributed by atoms with Crippen molar-refractivity contribution in [2.24, 2.45) is 0 Å². The van der Waals surface area contributed by atoms with Gasteiger partial charge >= 0.3 is 0 Å². The van der Waals surface area contributed by atoms with E-state index in [0.717, 1.165) is 50.0 Å². The standard InChI is InChI=1S/C23H29N5OS2/c1-18(2)19-5-7-20(8-6-19)28-17-24-25-23(28)31-16-22(29)27-13-11-26(12-14-27)10-9-21-4-3-15-30-21/h3-8,15,17-18H,9-14,16H2,1-2H3. The molecule has 0 bridgehead atoms. The molecule has 8 heteroatoms. The maximum atomic E-state index is 12.7. The van der Waals surface area contributed by atoms with E-state index in [1.807, 2.05) is 20.8 Å². The van der Waals surface area contributed by atoms with Gasteiger partial charge in [0.15, 0.2) is 5.16 Å². The quantitative estimate of drug-likeness (QED) is 0.482. The van der Waals surface area contributed by atoms with Gasteiger partial charge in [-0.3, -0.25) is 14.3 Å². The van der Waals surface area contributed by atoms with Crippen molar-refractivity contribution in [1.29, 1.82) is 0 Å². The van der Waals surface area contributed by atoms with E-state index in [4.69, 9.17) is 0 Å². The van der Waals surface area contributed by atoms with Gasteiger partial charge in [-0.1, -0.05) is 43.8 Å². The lowest BCUT2D eigenvalue weighted by Gasteiger charge is -2.34. The van der Waals surface area contributed by atoms with Gasteiger partial charge in [-0.25, -0.2) is 0 Å². The minimum atomic E-state index is 0.174. The number of piperazine rings is 1. The fourth-order valence-corrected chi connectivity index (χ4v) is 5.21. The van der Waals surface area contributed by atoms with Crippen molar-refractivity contribution < 1.29 is 4.79 Å². The highest BCUT2D eigenvalue weighted by molar-refractivity contribution is 7.99. The minimum absolute atomic E-state index is 0.174. The summed E-state index contributed by atoms with van der Waals surface area (Å²) in [5.74, 6) is 1.06. The summed E-state index contributed by atoms with van der Waals surface area (Å²) in [4.78, 5) is 18.6. The summed E-state index contributed by atoms with van der Waals surface area (Å²) < 4.78 is 1.95. The van der Waals surface area contributed by atoms with Crippen LogP contribution in [-0.4, -0.2) is 68.9 Å². The minimum Gasteiger partial charge on any atom is -0.339 e. The highest BCUT2D eigenvalue weighted by atomic mass is 32.2. The molecule has 0 atom stereocenters. The fourth-order valence-electron chi connectivity index (χ4n) is 3.68. The average Bonchev–Trinajstić information content (AvgIpc) is 3.48. The molecule has 0 unspecified atom stereocenters. The molecule has 3 heterocycles. The molecule has 0 spiro atoms. The molecule has 3 aromatic rings. The summed E-state index contributed by atoms with van der Waals surface area (Å²) in [6.45, 7) is 8.92. The van der Waals surface area contributed by atoms with Crippen molar-refractivity contribution in [3.05, 3.63) is 58.5 Å². The van der Waals surface area contributed by atoms with Crippen LogP contribution in [0.5, 0.6) is 0 Å². The molecule has 6 nitrogen and oxygen atoms in total. The number of nitrogens with zero attached hydrogens (tertiary/aromatic N) is 5. The lowest BCUT2D eigenvalue weighted by atomic mass is 10.0. The second-order valence-electron chi connectivity index (χ2n) is 8.07. The number of aromatic nitrogens is 3. The van der Waals surface area contributed by atoms with Gasteiger partial charge in [0.25, 0.3) is 0 Å². The van der Waals surface area contributed by atoms with Crippen LogP contribution in [0, 0.1) is 0 Å². The molecule has 1 aliphatic rings. The molecule has 1 saturated heterocycles. The van der Waals surface area contributed by atoms with Crippen molar-refractivity contribution in [3.8, 4) is 5.69 Å². The Hall–Kier alpha value is -2.16. The number of thiophene rings is 1. The van der Waals surface area contributed by atoms with E-state index < -0.39 is 0 Å². The number of thioether (sulfide) groups is 1. The summed E-state index contributed by atoms with van der Waals surface area (Å²) in [5, 5.41) is 11.2. The monoisotopic (exact) mass is 455 g/mol. The van der Waals surface area contributed by atoms with Crippen LogP contribution in [0.3, 0.4) is 0 Å². The summed E-state index contributed by atoms with van der Waals surface area (Å²) >= 11 is 3.27. The van der Waals surface area contributed by atoms with Gasteiger partial charge in [0.2, 0.25) is 5.91 Å². The van der Waals surface area contributed by atoms with Crippen LogP contribution in [0.4, 0.5) is 0 Å². The predicted octanol–water partition coefficient (Wildman–Crippen LogP) is 3.93. The molecule has 0 aliphatic carbocycles. The van der Waals surface area contributed by atoms with E-state index in [9.17, 15) is 4.79 Å². The maximum absolute atomic E-state index is 12.7. The van der Waals surface area contributed by atoms with Crippen LogP contribution >= 0.6 is 23.1 Å². The van der Waals surface area contributed by atoms with Crippen molar-refractivity contribution in [2.45, 2.75) is 31.3 Å². The molecule has 31 heavy (non-hydrogen) atoms. The predicted molar refractivity (Wildman–Crippen MR) is 127 cm³/mol. The molecule has 1 fully saturated rings. The van der Waals surface area contributed by atoms with Gasteiger partial charge in [0.05, 0.1) is 5.75 Å². The first kappa shape index (κ1) is 22.0. The zero-order valence-corrected chi connectivity index (χ0v) is 19.7. The smallest absolute Gasteiger partial charge is 0.233 e. The van der Waals surface area contributed by atoms with Crippen molar-refractivity contribution in [3.63, 3.8) is 0 Å². The Kier molecular flexibility index (Phi) is 7.42. The first-order chi connectivity index (χ1) is 15.1. The molecular weight excluding hydrogens is 426 g/mol. The highest BCUT2D eigenvalue weighted by Gasteiger charge is 2.21. The normalized spacial score (nSPS) is 15.0. The van der Waals surface area contributed by atoms with Crippen LogP contribution in [0.2, 0.25) is 0 Å². The van der Waals surface area contributed by atoms with Crippen LogP contribution in [0.15, 0.2) is 53.3 Å². The molecule has 0 radical (unpaired) electrons. The van der Waals surface area contributed by atoms with Crippen LogP contribution in [0.1, 0.15) is 30.2 Å². The topological polar surface area (TPSA) is 54.3 Å². The second-order valence-corrected chi connectivity index (χ2v) is 10.0. The lowest BCUT2D eigenvalue weighted by molar-refractivity contribution is -0.130. The third kappa shape index (κ3) is 5.75. The van der Waals surface area contributed by atoms with Crippen LogP contribution in [-0.2, 0) is 11.2 Å². The van der Waals surface area contributed by atoms with E-state index in [1.165, 1.54) is 22.2 Å². The Balaban J connectivity index is 1.26. The zero-order valence-electron chi connectivity index (χ0n) is 18.1. The number of hydrogen-bond donors (Lipinski definition) is 0. The molecule has 164 valence electrons. The van der Waals surface area contributed by atoms with E-state index in [1.54, 1.807) is 6.33 Å². The molecule has 4 rings (SSSR count). The van der Waals surface area contributed by atoms with E-state index >= 15 is 0 Å². The second kappa shape index (κ2) is 10.4. The maximum Gasteiger partial charge on any atom is 0.233 e. The zero-order chi connectivity index (χ0) is 21.6. The van der Waals surface area contributed by atoms with Gasteiger partial charge in [-0.2, -0.15) is 0 Å². The number of carbonyl (C=O) groups excluding carboxylic acids is 1. The average molecular weight is 456 g/mol. The largest absolute Gasteiger partial charge is 0.339 e. The summed E-state index contributed by atoms with van der Waals surface area (Å²) in [7, 11) is 0. The number of benzene rings is 1. The van der Waals surface area contributed by atoms with Crippen molar-refractivity contribution in [1.82, 2.24) is 24.6 Å². The van der Waals surface area contributed by atoms with Crippen LogP contribution < -0.4 is 0 Å². The Bertz CT molecular complexity index is 960. The molecular formula is C23H29N5OS2. The van der Waals surface area contributed by atoms with Gasteiger partial charge in [-0.05, 0) is 41.5 Å².